The summed E-state index contributed by atoms with van der Waals surface area (Å²) < 4.78 is 1.71. The van der Waals surface area contributed by atoms with Crippen molar-refractivity contribution in [2.75, 3.05) is 5.32 Å². The van der Waals surface area contributed by atoms with Gasteiger partial charge in [0, 0.05) is 28.0 Å². The molecule has 0 amide bonds. The molecule has 7 heteroatoms. The number of nitrogens with zero attached hydrogens (tertiary/aromatic N) is 4. The molecule has 0 atom stereocenters. The summed E-state index contributed by atoms with van der Waals surface area (Å²) in [7, 11) is 0. The van der Waals surface area contributed by atoms with Gasteiger partial charge < -0.3 is 5.32 Å². The number of fused-ring (bicyclic) bond motifs is 1. The molecule has 0 unspecified atom stereocenters. The number of aryl methyl sites for hydroxylation is 2. The second-order valence-electron chi connectivity index (χ2n) is 4.78. The predicted molar refractivity (Wildman–Crippen MR) is 84.0 cm³/mol. The van der Waals surface area contributed by atoms with E-state index in [2.05, 4.69) is 20.4 Å². The first kappa shape index (κ1) is 14.1. The fraction of sp³-hybridized carbons (Fsp3) is 0.214. The molecule has 0 radical (unpaired) electrons. The minimum atomic E-state index is 0.516. The van der Waals surface area contributed by atoms with E-state index in [0.29, 0.717) is 28.3 Å². The van der Waals surface area contributed by atoms with E-state index < -0.39 is 0 Å². The van der Waals surface area contributed by atoms with E-state index in [0.717, 1.165) is 17.0 Å². The van der Waals surface area contributed by atoms with E-state index in [1.807, 2.05) is 26.0 Å². The van der Waals surface area contributed by atoms with Crippen molar-refractivity contribution in [1.29, 1.82) is 0 Å². The lowest BCUT2D eigenvalue weighted by molar-refractivity contribution is 0.882. The molecule has 0 bridgehead atoms. The monoisotopic (exact) mass is 321 g/mol. The summed E-state index contributed by atoms with van der Waals surface area (Å²) >= 11 is 12.0. The maximum Gasteiger partial charge on any atom is 0.254 e. The van der Waals surface area contributed by atoms with Crippen molar-refractivity contribution < 1.29 is 0 Å². The van der Waals surface area contributed by atoms with Crippen molar-refractivity contribution in [3.8, 4) is 0 Å². The number of hydrogen-bond acceptors (Lipinski definition) is 4. The summed E-state index contributed by atoms with van der Waals surface area (Å²) in [5, 5.41) is 8.76. The van der Waals surface area contributed by atoms with Crippen molar-refractivity contribution in [2.24, 2.45) is 0 Å². The zero-order valence-electron chi connectivity index (χ0n) is 11.6. The van der Waals surface area contributed by atoms with Crippen molar-refractivity contribution in [1.82, 2.24) is 19.6 Å². The molecule has 21 heavy (non-hydrogen) atoms. The highest BCUT2D eigenvalue weighted by atomic mass is 35.5. The number of hydrogen-bond donors (Lipinski definition) is 1. The molecule has 3 aromatic rings. The molecule has 1 N–H and O–H groups in total. The van der Waals surface area contributed by atoms with Crippen LogP contribution in [0.2, 0.25) is 10.0 Å². The lowest BCUT2D eigenvalue weighted by Crippen LogP contribution is -2.02. The van der Waals surface area contributed by atoms with Gasteiger partial charge in [-0.2, -0.15) is 9.50 Å². The Hall–Kier alpha value is -1.85. The van der Waals surface area contributed by atoms with Crippen molar-refractivity contribution >= 4 is 34.9 Å². The summed E-state index contributed by atoms with van der Waals surface area (Å²) in [6, 6.07) is 7.35. The van der Waals surface area contributed by atoms with Gasteiger partial charge in [-0.3, -0.25) is 0 Å². The molecule has 2 aromatic heterocycles. The van der Waals surface area contributed by atoms with Crippen LogP contribution < -0.4 is 5.32 Å². The van der Waals surface area contributed by atoms with Crippen LogP contribution in [-0.4, -0.2) is 19.6 Å². The van der Waals surface area contributed by atoms with Gasteiger partial charge in [0.2, 0.25) is 5.95 Å². The first-order valence-electron chi connectivity index (χ1n) is 6.42. The van der Waals surface area contributed by atoms with E-state index in [-0.39, 0.29) is 0 Å². The Labute approximate surface area is 131 Å². The normalized spacial score (nSPS) is 11.0. The number of rotatable bonds is 3. The fourth-order valence-corrected chi connectivity index (χ4v) is 2.56. The molecule has 1 aromatic carbocycles. The highest BCUT2D eigenvalue weighted by Gasteiger charge is 2.08. The molecule has 5 nitrogen and oxygen atoms in total. The van der Waals surface area contributed by atoms with Crippen LogP contribution in [-0.2, 0) is 6.54 Å². The summed E-state index contributed by atoms with van der Waals surface area (Å²) in [5.74, 6) is 1.10. The van der Waals surface area contributed by atoms with Crippen LogP contribution >= 0.6 is 23.2 Å². The first-order valence-corrected chi connectivity index (χ1v) is 7.17. The predicted octanol–water partition coefficient (Wildman–Crippen LogP) is 3.66. The topological polar surface area (TPSA) is 55.1 Å². The molecule has 0 saturated heterocycles. The Kier molecular flexibility index (Phi) is 3.69. The summed E-state index contributed by atoms with van der Waals surface area (Å²) in [6.07, 6.45) is 0. The fourth-order valence-electron chi connectivity index (χ4n) is 2.08. The lowest BCUT2D eigenvalue weighted by atomic mass is 10.2. The maximum absolute atomic E-state index is 6.14. The quantitative estimate of drug-likeness (QED) is 0.799. The van der Waals surface area contributed by atoms with E-state index in [9.17, 15) is 0 Å². The van der Waals surface area contributed by atoms with Gasteiger partial charge in [0.1, 0.15) is 0 Å². The van der Waals surface area contributed by atoms with Crippen molar-refractivity contribution in [3.05, 3.63) is 51.3 Å². The molecule has 108 valence electrons. The molecule has 0 fully saturated rings. The van der Waals surface area contributed by atoms with Crippen LogP contribution in [0.5, 0.6) is 0 Å². The van der Waals surface area contributed by atoms with Crippen LogP contribution in [0.15, 0.2) is 24.3 Å². The van der Waals surface area contributed by atoms with Gasteiger partial charge in [0.05, 0.1) is 0 Å². The minimum Gasteiger partial charge on any atom is -0.349 e. The van der Waals surface area contributed by atoms with E-state index in [1.54, 1.807) is 16.6 Å². The third kappa shape index (κ3) is 2.94. The number of nitrogens with one attached hydrogen (secondary N) is 1. The van der Waals surface area contributed by atoms with Gasteiger partial charge in [-0.25, -0.2) is 4.98 Å². The minimum absolute atomic E-state index is 0.516. The Bertz CT molecular complexity index is 812. The Balaban J connectivity index is 1.83. The second-order valence-corrected chi connectivity index (χ2v) is 5.62. The Morgan fingerprint density at radius 3 is 2.71 bits per heavy atom. The van der Waals surface area contributed by atoms with Crippen LogP contribution in [0.3, 0.4) is 0 Å². The number of benzene rings is 1. The average Bonchev–Trinajstić information content (AvgIpc) is 2.81. The number of halogens is 2. The van der Waals surface area contributed by atoms with Gasteiger partial charge >= 0.3 is 0 Å². The molecule has 0 aliphatic carbocycles. The SMILES string of the molecule is Cc1cc(C)n2nc(NCc3ccc(Cl)cc3Cl)nc2n1. The van der Waals surface area contributed by atoms with Crippen LogP contribution in [0.25, 0.3) is 5.78 Å². The summed E-state index contributed by atoms with van der Waals surface area (Å²) in [4.78, 5) is 8.70. The highest BCUT2D eigenvalue weighted by Crippen LogP contribution is 2.21. The number of aromatic nitrogens is 4. The van der Waals surface area contributed by atoms with Crippen LogP contribution in [0.1, 0.15) is 17.0 Å². The molecule has 3 rings (SSSR count). The molecular formula is C14H13Cl2N5. The van der Waals surface area contributed by atoms with Crippen molar-refractivity contribution in [2.45, 2.75) is 20.4 Å². The largest absolute Gasteiger partial charge is 0.349 e. The first-order chi connectivity index (χ1) is 10.0. The smallest absolute Gasteiger partial charge is 0.254 e. The van der Waals surface area contributed by atoms with Crippen LogP contribution in [0, 0.1) is 13.8 Å². The second kappa shape index (κ2) is 5.50. The Morgan fingerprint density at radius 1 is 1.14 bits per heavy atom. The standard InChI is InChI=1S/C14H13Cl2N5/c1-8-5-9(2)21-14(18-8)19-13(20-21)17-7-10-3-4-11(15)6-12(10)16/h3-6H,7H2,1-2H3,(H,17,20). The van der Waals surface area contributed by atoms with Gasteiger partial charge in [-0.1, -0.05) is 29.3 Å². The zero-order chi connectivity index (χ0) is 15.0. The van der Waals surface area contributed by atoms with Crippen LogP contribution in [0.4, 0.5) is 5.95 Å². The number of anilines is 1. The van der Waals surface area contributed by atoms with E-state index in [1.165, 1.54) is 0 Å². The van der Waals surface area contributed by atoms with Gasteiger partial charge in [0.15, 0.2) is 0 Å². The third-order valence-electron chi connectivity index (χ3n) is 3.07. The van der Waals surface area contributed by atoms with Gasteiger partial charge in [-0.15, -0.1) is 5.10 Å². The lowest BCUT2D eigenvalue weighted by Gasteiger charge is -2.04. The van der Waals surface area contributed by atoms with Gasteiger partial charge in [-0.05, 0) is 37.6 Å². The molecular weight excluding hydrogens is 309 g/mol. The summed E-state index contributed by atoms with van der Waals surface area (Å²) in [5.41, 5.74) is 2.84. The molecule has 0 aliphatic rings. The Morgan fingerprint density at radius 2 is 1.95 bits per heavy atom. The highest BCUT2D eigenvalue weighted by molar-refractivity contribution is 6.35. The third-order valence-corrected chi connectivity index (χ3v) is 3.66. The molecule has 0 aliphatic heterocycles. The molecule has 2 heterocycles. The van der Waals surface area contributed by atoms with Crippen molar-refractivity contribution in [3.63, 3.8) is 0 Å². The summed E-state index contributed by atoms with van der Waals surface area (Å²) in [6.45, 7) is 4.42. The zero-order valence-corrected chi connectivity index (χ0v) is 13.1. The molecule has 0 saturated carbocycles. The van der Waals surface area contributed by atoms with E-state index >= 15 is 0 Å². The van der Waals surface area contributed by atoms with E-state index in [4.69, 9.17) is 23.2 Å². The maximum atomic E-state index is 6.14. The average molecular weight is 322 g/mol. The molecule has 0 spiro atoms. The van der Waals surface area contributed by atoms with Gasteiger partial charge in [0.25, 0.3) is 5.78 Å².